The van der Waals surface area contributed by atoms with Gasteiger partial charge in [-0.1, -0.05) is 57.0 Å². The number of imide groups is 1. The van der Waals surface area contributed by atoms with Crippen LogP contribution in [0.5, 0.6) is 0 Å². The quantitative estimate of drug-likeness (QED) is 0.707. The van der Waals surface area contributed by atoms with Crippen molar-refractivity contribution in [1.29, 1.82) is 0 Å². The molecule has 0 bridgehead atoms. The Morgan fingerprint density at radius 3 is 2.50 bits per heavy atom. The predicted octanol–water partition coefficient (Wildman–Crippen LogP) is 3.32. The smallest absolute Gasteiger partial charge is 0.325 e. The monoisotopic (exact) mass is 385 g/mol. The van der Waals surface area contributed by atoms with Crippen LogP contribution in [0.25, 0.3) is 0 Å². The molecule has 0 aromatic heterocycles. The lowest BCUT2D eigenvalue weighted by Gasteiger charge is -2.28. The minimum absolute atomic E-state index is 0.142. The SMILES string of the molecule is CCCCC1(c2ccccc2)NC(=O)N(CC(=O)NC2CCC(C)CC2)C1=O. The number of carbonyl (C=O) groups excluding carboxylic acids is 3. The maximum Gasteiger partial charge on any atom is 0.325 e. The Balaban J connectivity index is 1.71. The van der Waals surface area contributed by atoms with E-state index in [1.807, 2.05) is 30.3 Å². The van der Waals surface area contributed by atoms with Gasteiger partial charge in [0.25, 0.3) is 5.91 Å². The number of unbranched alkanes of at least 4 members (excludes halogenated alkanes) is 1. The van der Waals surface area contributed by atoms with Crippen molar-refractivity contribution in [2.75, 3.05) is 6.54 Å². The molecule has 1 saturated heterocycles. The Labute approximate surface area is 167 Å². The average molecular weight is 386 g/mol. The number of hydrogen-bond acceptors (Lipinski definition) is 3. The molecule has 1 saturated carbocycles. The normalized spacial score (nSPS) is 27.6. The highest BCUT2D eigenvalue weighted by Crippen LogP contribution is 2.34. The molecule has 1 aliphatic heterocycles. The van der Waals surface area contributed by atoms with E-state index in [1.165, 1.54) is 0 Å². The summed E-state index contributed by atoms with van der Waals surface area (Å²) in [5, 5.41) is 5.90. The first kappa shape index (κ1) is 20.4. The first-order valence-electron chi connectivity index (χ1n) is 10.4. The number of amides is 4. The molecule has 0 radical (unpaired) electrons. The first-order valence-corrected chi connectivity index (χ1v) is 10.4. The van der Waals surface area contributed by atoms with E-state index in [-0.39, 0.29) is 24.4 Å². The molecule has 6 heteroatoms. The zero-order valence-electron chi connectivity index (χ0n) is 16.9. The molecule has 1 unspecified atom stereocenters. The molecule has 2 N–H and O–H groups in total. The Morgan fingerprint density at radius 1 is 1.18 bits per heavy atom. The fraction of sp³-hybridized carbons (Fsp3) is 0.591. The molecule has 6 nitrogen and oxygen atoms in total. The van der Waals surface area contributed by atoms with Crippen molar-refractivity contribution in [3.63, 3.8) is 0 Å². The Bertz CT molecular complexity index is 713. The van der Waals surface area contributed by atoms with Gasteiger partial charge in [-0.25, -0.2) is 4.79 Å². The van der Waals surface area contributed by atoms with E-state index in [4.69, 9.17) is 0 Å². The summed E-state index contributed by atoms with van der Waals surface area (Å²) in [6.45, 7) is 4.05. The van der Waals surface area contributed by atoms with Gasteiger partial charge in [0.05, 0.1) is 0 Å². The third-order valence-corrected chi connectivity index (χ3v) is 6.03. The van der Waals surface area contributed by atoms with Crippen LogP contribution in [-0.2, 0) is 15.1 Å². The lowest BCUT2D eigenvalue weighted by molar-refractivity contribution is -0.135. The van der Waals surface area contributed by atoms with Gasteiger partial charge in [0.1, 0.15) is 12.1 Å². The van der Waals surface area contributed by atoms with E-state index in [0.29, 0.717) is 12.3 Å². The molecule has 2 fully saturated rings. The van der Waals surface area contributed by atoms with Gasteiger partial charge in [-0.15, -0.1) is 0 Å². The summed E-state index contributed by atoms with van der Waals surface area (Å²) in [6.07, 6.45) is 6.36. The van der Waals surface area contributed by atoms with Gasteiger partial charge >= 0.3 is 6.03 Å². The van der Waals surface area contributed by atoms with E-state index in [0.717, 1.165) is 49.0 Å². The zero-order valence-corrected chi connectivity index (χ0v) is 16.9. The number of hydrogen-bond donors (Lipinski definition) is 2. The molecule has 4 amide bonds. The minimum Gasteiger partial charge on any atom is -0.352 e. The second-order valence-corrected chi connectivity index (χ2v) is 8.22. The van der Waals surface area contributed by atoms with E-state index in [9.17, 15) is 14.4 Å². The molecule has 0 spiro atoms. The van der Waals surface area contributed by atoms with E-state index in [1.54, 1.807) is 0 Å². The number of rotatable bonds is 7. The van der Waals surface area contributed by atoms with Crippen LogP contribution in [0.15, 0.2) is 30.3 Å². The van der Waals surface area contributed by atoms with E-state index in [2.05, 4.69) is 24.5 Å². The van der Waals surface area contributed by atoms with Crippen molar-refractivity contribution >= 4 is 17.8 Å². The summed E-state index contributed by atoms with van der Waals surface area (Å²) in [4.78, 5) is 39.5. The van der Waals surface area contributed by atoms with E-state index >= 15 is 0 Å². The number of carbonyl (C=O) groups is 3. The predicted molar refractivity (Wildman–Crippen MR) is 107 cm³/mol. The number of nitrogens with one attached hydrogen (secondary N) is 2. The largest absolute Gasteiger partial charge is 0.352 e. The van der Waals surface area contributed by atoms with Crippen molar-refractivity contribution in [1.82, 2.24) is 15.5 Å². The number of urea groups is 1. The third kappa shape index (κ3) is 4.21. The Kier molecular flexibility index (Phi) is 6.37. The number of benzene rings is 1. The molecule has 1 aliphatic carbocycles. The summed E-state index contributed by atoms with van der Waals surface area (Å²) in [6, 6.07) is 8.99. The molecule has 3 rings (SSSR count). The van der Waals surface area contributed by atoms with Gasteiger partial charge in [0, 0.05) is 6.04 Å². The Morgan fingerprint density at radius 2 is 1.86 bits per heavy atom. The van der Waals surface area contributed by atoms with Crippen LogP contribution in [0.2, 0.25) is 0 Å². The fourth-order valence-corrected chi connectivity index (χ4v) is 4.27. The molecule has 2 aliphatic rings. The highest BCUT2D eigenvalue weighted by Gasteiger charge is 2.52. The van der Waals surface area contributed by atoms with Crippen LogP contribution >= 0.6 is 0 Å². The maximum absolute atomic E-state index is 13.3. The molecule has 1 aromatic carbocycles. The molecule has 1 heterocycles. The van der Waals surface area contributed by atoms with Crippen LogP contribution < -0.4 is 10.6 Å². The topological polar surface area (TPSA) is 78.5 Å². The summed E-state index contributed by atoms with van der Waals surface area (Å²) >= 11 is 0. The van der Waals surface area contributed by atoms with Crippen LogP contribution in [0.1, 0.15) is 64.4 Å². The van der Waals surface area contributed by atoms with Crippen molar-refractivity contribution in [2.24, 2.45) is 5.92 Å². The molecule has 152 valence electrons. The van der Waals surface area contributed by atoms with Crippen molar-refractivity contribution in [3.8, 4) is 0 Å². The number of nitrogens with zero attached hydrogens (tertiary/aromatic N) is 1. The third-order valence-electron chi connectivity index (χ3n) is 6.03. The summed E-state index contributed by atoms with van der Waals surface area (Å²) in [5.74, 6) is 0.108. The second-order valence-electron chi connectivity index (χ2n) is 8.22. The lowest BCUT2D eigenvalue weighted by Crippen LogP contribution is -2.47. The minimum atomic E-state index is -1.07. The van der Waals surface area contributed by atoms with Crippen LogP contribution in [0.3, 0.4) is 0 Å². The fourth-order valence-electron chi connectivity index (χ4n) is 4.27. The zero-order chi connectivity index (χ0) is 20.1. The summed E-state index contributed by atoms with van der Waals surface area (Å²) < 4.78 is 0. The molecular formula is C22H31N3O3. The van der Waals surface area contributed by atoms with Crippen molar-refractivity contribution in [3.05, 3.63) is 35.9 Å². The summed E-state index contributed by atoms with van der Waals surface area (Å²) in [7, 11) is 0. The van der Waals surface area contributed by atoms with Crippen LogP contribution in [0, 0.1) is 5.92 Å². The average Bonchev–Trinajstić information content (AvgIpc) is 2.94. The maximum atomic E-state index is 13.3. The molecule has 28 heavy (non-hydrogen) atoms. The highest BCUT2D eigenvalue weighted by atomic mass is 16.2. The van der Waals surface area contributed by atoms with Gasteiger partial charge in [-0.05, 0) is 43.6 Å². The second kappa shape index (κ2) is 8.76. The molecule has 1 aromatic rings. The van der Waals surface area contributed by atoms with Gasteiger partial charge in [0.15, 0.2) is 0 Å². The standard InChI is InChI=1S/C22H31N3O3/c1-3-4-14-22(17-8-6-5-7-9-17)20(27)25(21(28)24-22)15-19(26)23-18-12-10-16(2)11-13-18/h5-9,16,18H,3-4,10-15H2,1-2H3,(H,23,26)(H,24,28). The highest BCUT2D eigenvalue weighted by molar-refractivity contribution is 6.09. The van der Waals surface area contributed by atoms with Crippen molar-refractivity contribution < 1.29 is 14.4 Å². The van der Waals surface area contributed by atoms with Gasteiger partial charge < -0.3 is 10.6 Å². The summed E-state index contributed by atoms with van der Waals surface area (Å²) in [5.41, 5.74) is -0.305. The Hall–Kier alpha value is -2.37. The lowest BCUT2D eigenvalue weighted by atomic mass is 9.85. The molecular weight excluding hydrogens is 354 g/mol. The first-order chi connectivity index (χ1) is 13.5. The van der Waals surface area contributed by atoms with Gasteiger partial charge in [-0.3, -0.25) is 14.5 Å². The molecule has 1 atom stereocenters. The van der Waals surface area contributed by atoms with Gasteiger partial charge in [-0.2, -0.15) is 0 Å². The van der Waals surface area contributed by atoms with Crippen LogP contribution in [-0.4, -0.2) is 35.3 Å². The van der Waals surface area contributed by atoms with E-state index < -0.39 is 11.6 Å². The van der Waals surface area contributed by atoms with Gasteiger partial charge in [0.2, 0.25) is 5.91 Å². The van der Waals surface area contributed by atoms with Crippen molar-refractivity contribution in [2.45, 2.75) is 70.4 Å². The van der Waals surface area contributed by atoms with Crippen LogP contribution in [0.4, 0.5) is 4.79 Å².